The van der Waals surface area contributed by atoms with Crippen molar-refractivity contribution in [1.82, 2.24) is 10.2 Å². The molecule has 0 saturated carbocycles. The van der Waals surface area contributed by atoms with Crippen LogP contribution in [0.15, 0.2) is 4.99 Å². The van der Waals surface area contributed by atoms with E-state index in [0.717, 1.165) is 19.5 Å². The predicted molar refractivity (Wildman–Crippen MR) is 68.2 cm³/mol. The number of likely N-dealkylation sites (tertiary alicyclic amines) is 1. The third-order valence-electron chi connectivity index (χ3n) is 3.05. The molecule has 4 nitrogen and oxygen atoms in total. The van der Waals surface area contributed by atoms with E-state index < -0.39 is 12.6 Å². The molecule has 0 bridgehead atoms. The second-order valence-electron chi connectivity index (χ2n) is 4.60. The van der Waals surface area contributed by atoms with Crippen molar-refractivity contribution in [2.24, 2.45) is 10.9 Å². The van der Waals surface area contributed by atoms with Gasteiger partial charge in [-0.2, -0.15) is 13.2 Å². The van der Waals surface area contributed by atoms with Gasteiger partial charge in [0.15, 0.2) is 5.96 Å². The van der Waals surface area contributed by atoms with Gasteiger partial charge in [-0.25, -0.2) is 0 Å². The second kappa shape index (κ2) is 7.57. The summed E-state index contributed by atoms with van der Waals surface area (Å²) < 4.78 is 41.6. The molecule has 7 heteroatoms. The summed E-state index contributed by atoms with van der Waals surface area (Å²) in [5.41, 5.74) is 0. The van der Waals surface area contributed by atoms with Gasteiger partial charge in [0.05, 0.1) is 13.0 Å². The minimum atomic E-state index is -4.13. The van der Waals surface area contributed by atoms with Gasteiger partial charge < -0.3 is 15.0 Å². The molecule has 1 saturated heterocycles. The Labute approximate surface area is 112 Å². The van der Waals surface area contributed by atoms with E-state index in [1.807, 2.05) is 11.8 Å². The van der Waals surface area contributed by atoms with Crippen LogP contribution in [0.5, 0.6) is 0 Å². The Morgan fingerprint density at radius 1 is 1.47 bits per heavy atom. The van der Waals surface area contributed by atoms with Crippen molar-refractivity contribution in [3.8, 4) is 0 Å². The Morgan fingerprint density at radius 2 is 2.21 bits per heavy atom. The van der Waals surface area contributed by atoms with E-state index in [2.05, 4.69) is 10.3 Å². The van der Waals surface area contributed by atoms with Gasteiger partial charge in [-0.05, 0) is 13.3 Å². The lowest BCUT2D eigenvalue weighted by atomic mass is 10.1. The minimum absolute atomic E-state index is 0.136. The van der Waals surface area contributed by atoms with E-state index in [4.69, 9.17) is 4.74 Å². The summed E-state index contributed by atoms with van der Waals surface area (Å²) in [6, 6.07) is 0. The highest BCUT2D eigenvalue weighted by atomic mass is 19.4. The number of guanidine groups is 1. The van der Waals surface area contributed by atoms with Gasteiger partial charge in [0.25, 0.3) is 0 Å². The highest BCUT2D eigenvalue weighted by Crippen LogP contribution is 2.19. The number of halogens is 3. The van der Waals surface area contributed by atoms with Crippen LogP contribution in [0, 0.1) is 5.92 Å². The number of nitrogens with zero attached hydrogens (tertiary/aromatic N) is 2. The lowest BCUT2D eigenvalue weighted by molar-refractivity contribution is -0.132. The standard InChI is InChI=1S/C12H22F3N3O/c1-3-19-9-10-4-7-18(8-10)11(16-2)17-6-5-12(13,14)15/h10H,3-9H2,1-2H3,(H,16,17). The Bertz CT molecular complexity index is 294. The molecule has 112 valence electrons. The number of alkyl halides is 3. The first-order valence-electron chi connectivity index (χ1n) is 6.56. The van der Waals surface area contributed by atoms with E-state index in [1.165, 1.54) is 0 Å². The fraction of sp³-hybridized carbons (Fsp3) is 0.917. The number of nitrogens with one attached hydrogen (secondary N) is 1. The lowest BCUT2D eigenvalue weighted by Crippen LogP contribution is -2.41. The zero-order valence-corrected chi connectivity index (χ0v) is 11.5. The van der Waals surface area contributed by atoms with Crippen LogP contribution in [0.2, 0.25) is 0 Å². The summed E-state index contributed by atoms with van der Waals surface area (Å²) >= 11 is 0. The molecule has 1 heterocycles. The molecule has 0 amide bonds. The third-order valence-corrected chi connectivity index (χ3v) is 3.05. The summed E-state index contributed by atoms with van der Waals surface area (Å²) in [7, 11) is 1.59. The molecule has 1 N–H and O–H groups in total. The van der Waals surface area contributed by atoms with Crippen LogP contribution in [0.4, 0.5) is 13.2 Å². The van der Waals surface area contributed by atoms with Crippen molar-refractivity contribution < 1.29 is 17.9 Å². The maximum absolute atomic E-state index is 12.1. The molecule has 0 aromatic rings. The number of hydrogen-bond acceptors (Lipinski definition) is 2. The Hall–Kier alpha value is -0.980. The SMILES string of the molecule is CCOCC1CCN(C(=NC)NCCC(F)(F)F)C1. The summed E-state index contributed by atoms with van der Waals surface area (Å²) in [6.45, 7) is 4.80. The maximum Gasteiger partial charge on any atom is 0.390 e. The van der Waals surface area contributed by atoms with Gasteiger partial charge in [-0.15, -0.1) is 0 Å². The third kappa shape index (κ3) is 6.13. The number of ether oxygens (including phenoxy) is 1. The van der Waals surface area contributed by atoms with Gasteiger partial charge in [-0.3, -0.25) is 4.99 Å². The summed E-state index contributed by atoms with van der Waals surface area (Å²) in [6.07, 6.45) is -3.99. The zero-order valence-electron chi connectivity index (χ0n) is 11.5. The molecule has 1 fully saturated rings. The molecule has 1 aliphatic heterocycles. The monoisotopic (exact) mass is 281 g/mol. The largest absolute Gasteiger partial charge is 0.390 e. The number of aliphatic imine (C=N–C) groups is 1. The predicted octanol–water partition coefficient (Wildman–Crippen LogP) is 1.87. The molecule has 1 rings (SSSR count). The summed E-state index contributed by atoms with van der Waals surface area (Å²) in [5.74, 6) is 0.976. The van der Waals surface area contributed by atoms with Crippen molar-refractivity contribution in [1.29, 1.82) is 0 Å². The average molecular weight is 281 g/mol. The topological polar surface area (TPSA) is 36.9 Å². The Kier molecular flexibility index (Phi) is 6.41. The molecule has 1 aliphatic rings. The Balaban J connectivity index is 2.32. The highest BCUT2D eigenvalue weighted by molar-refractivity contribution is 5.80. The molecule has 1 unspecified atom stereocenters. The number of rotatable bonds is 5. The van der Waals surface area contributed by atoms with Crippen molar-refractivity contribution in [3.63, 3.8) is 0 Å². The van der Waals surface area contributed by atoms with Gasteiger partial charge in [0.1, 0.15) is 0 Å². The molecule has 0 aliphatic carbocycles. The first kappa shape index (κ1) is 16.1. The fourth-order valence-electron chi connectivity index (χ4n) is 2.09. The second-order valence-corrected chi connectivity index (χ2v) is 4.60. The van der Waals surface area contributed by atoms with Crippen LogP contribution < -0.4 is 5.32 Å². The summed E-state index contributed by atoms with van der Waals surface area (Å²) in [5, 5.41) is 2.76. The quantitative estimate of drug-likeness (QED) is 0.617. The van der Waals surface area contributed by atoms with Gasteiger partial charge in [-0.1, -0.05) is 0 Å². The van der Waals surface area contributed by atoms with Crippen molar-refractivity contribution >= 4 is 5.96 Å². The van der Waals surface area contributed by atoms with Crippen LogP contribution in [0.1, 0.15) is 19.8 Å². The van der Waals surface area contributed by atoms with Crippen LogP contribution in [0.3, 0.4) is 0 Å². The van der Waals surface area contributed by atoms with Gasteiger partial charge in [0.2, 0.25) is 0 Å². The maximum atomic E-state index is 12.1. The van der Waals surface area contributed by atoms with Crippen molar-refractivity contribution in [2.45, 2.75) is 25.9 Å². The molecule has 0 spiro atoms. The molecule has 0 aromatic heterocycles. The van der Waals surface area contributed by atoms with E-state index in [0.29, 0.717) is 25.1 Å². The minimum Gasteiger partial charge on any atom is -0.381 e. The molecule has 19 heavy (non-hydrogen) atoms. The first-order valence-corrected chi connectivity index (χ1v) is 6.56. The average Bonchev–Trinajstić information content (AvgIpc) is 2.79. The van der Waals surface area contributed by atoms with Crippen LogP contribution in [-0.4, -0.2) is 56.9 Å². The highest BCUT2D eigenvalue weighted by Gasteiger charge is 2.28. The molecule has 0 radical (unpaired) electrons. The zero-order chi connectivity index (χ0) is 14.3. The smallest absolute Gasteiger partial charge is 0.381 e. The van der Waals surface area contributed by atoms with Crippen molar-refractivity contribution in [2.75, 3.05) is 39.9 Å². The molecular weight excluding hydrogens is 259 g/mol. The molecule has 0 aromatic carbocycles. The number of hydrogen-bond donors (Lipinski definition) is 1. The normalized spacial score (nSPS) is 21.0. The van der Waals surface area contributed by atoms with Crippen LogP contribution >= 0.6 is 0 Å². The van der Waals surface area contributed by atoms with E-state index in [9.17, 15) is 13.2 Å². The van der Waals surface area contributed by atoms with Gasteiger partial charge >= 0.3 is 6.18 Å². The van der Waals surface area contributed by atoms with Gasteiger partial charge in [0, 0.05) is 39.2 Å². The first-order chi connectivity index (χ1) is 8.96. The molecular formula is C12H22F3N3O. The Morgan fingerprint density at radius 3 is 2.79 bits per heavy atom. The van der Waals surface area contributed by atoms with E-state index in [1.54, 1.807) is 7.05 Å². The van der Waals surface area contributed by atoms with E-state index >= 15 is 0 Å². The van der Waals surface area contributed by atoms with Crippen LogP contribution in [-0.2, 0) is 4.74 Å². The fourth-order valence-corrected chi connectivity index (χ4v) is 2.09. The summed E-state index contributed by atoms with van der Waals surface area (Å²) in [4.78, 5) is 6.01. The van der Waals surface area contributed by atoms with Crippen LogP contribution in [0.25, 0.3) is 0 Å². The van der Waals surface area contributed by atoms with E-state index in [-0.39, 0.29) is 6.54 Å². The lowest BCUT2D eigenvalue weighted by Gasteiger charge is -2.22. The molecule has 1 atom stereocenters. The van der Waals surface area contributed by atoms with Crippen molar-refractivity contribution in [3.05, 3.63) is 0 Å².